The third-order valence-electron chi connectivity index (χ3n) is 5.15. The molecule has 1 N–H and O–H groups in total. The average molecular weight is 336 g/mol. The van der Waals surface area contributed by atoms with Gasteiger partial charge in [0.25, 0.3) is 5.91 Å². The molecule has 5 nitrogen and oxygen atoms in total. The van der Waals surface area contributed by atoms with Crippen LogP contribution >= 0.6 is 0 Å². The van der Waals surface area contributed by atoms with Crippen LogP contribution in [0.15, 0.2) is 51.7 Å². The minimum atomic E-state index is -0.470. The van der Waals surface area contributed by atoms with Crippen LogP contribution in [0.2, 0.25) is 0 Å². The van der Waals surface area contributed by atoms with Crippen molar-refractivity contribution in [3.05, 3.63) is 69.7 Å². The van der Waals surface area contributed by atoms with Crippen molar-refractivity contribution in [1.29, 1.82) is 0 Å². The molecule has 1 aliphatic rings. The average Bonchev–Trinajstić information content (AvgIpc) is 3.02. The van der Waals surface area contributed by atoms with E-state index in [0.29, 0.717) is 16.7 Å². The molecule has 0 aliphatic heterocycles. The monoisotopic (exact) mass is 336 g/mol. The Bertz CT molecular complexity index is 1040. The molecule has 0 fully saturated rings. The maximum Gasteiger partial charge on any atom is 0.419 e. The first-order valence-electron chi connectivity index (χ1n) is 8.37. The van der Waals surface area contributed by atoms with Crippen molar-refractivity contribution in [3.63, 3.8) is 0 Å². The van der Waals surface area contributed by atoms with Crippen LogP contribution in [0.1, 0.15) is 47.8 Å². The highest BCUT2D eigenvalue weighted by molar-refractivity contribution is 6.04. The van der Waals surface area contributed by atoms with Gasteiger partial charge in [0.05, 0.1) is 17.1 Å². The van der Waals surface area contributed by atoms with Crippen molar-refractivity contribution >= 4 is 17.0 Å². The van der Waals surface area contributed by atoms with Gasteiger partial charge in [0, 0.05) is 7.05 Å². The Kier molecular flexibility index (Phi) is 3.35. The number of rotatable bonds is 2. The summed E-state index contributed by atoms with van der Waals surface area (Å²) in [4.78, 5) is 24.6. The lowest BCUT2D eigenvalue weighted by molar-refractivity contribution is 0.0935. The molecule has 1 aliphatic carbocycles. The zero-order valence-corrected chi connectivity index (χ0v) is 14.5. The van der Waals surface area contributed by atoms with Gasteiger partial charge in [-0.15, -0.1) is 0 Å². The molecular formula is C20H20N2O3. The number of para-hydroxylation sites is 1. The molecule has 128 valence electrons. The Hall–Kier alpha value is -2.82. The number of oxazole rings is 1. The van der Waals surface area contributed by atoms with Crippen molar-refractivity contribution in [1.82, 2.24) is 9.88 Å². The molecule has 2 aromatic carbocycles. The van der Waals surface area contributed by atoms with Crippen LogP contribution < -0.4 is 11.1 Å². The summed E-state index contributed by atoms with van der Waals surface area (Å²) in [6.07, 6.45) is 0.840. The van der Waals surface area contributed by atoms with Crippen LogP contribution in [-0.2, 0) is 12.5 Å². The number of fused-ring (bicyclic) bond motifs is 2. The van der Waals surface area contributed by atoms with Crippen LogP contribution in [0.5, 0.6) is 0 Å². The highest BCUT2D eigenvalue weighted by Crippen LogP contribution is 2.44. The molecule has 1 atom stereocenters. The summed E-state index contributed by atoms with van der Waals surface area (Å²) in [6.45, 7) is 4.38. The molecule has 1 aromatic heterocycles. The summed E-state index contributed by atoms with van der Waals surface area (Å²) in [5, 5.41) is 3.12. The standard InChI is InChI=1S/C20H20N2O3/c1-20(2)11-15(12-7-4-5-9-14(12)20)21-18(23)13-8-6-10-16-17(13)25-19(24)22(16)3/h4-10,15H,11H2,1-3H3,(H,21,23)/t15-/m0/s1. The number of amides is 1. The number of benzene rings is 2. The zero-order chi connectivity index (χ0) is 17.8. The summed E-state index contributed by atoms with van der Waals surface area (Å²) in [5.41, 5.74) is 3.77. The van der Waals surface area contributed by atoms with Crippen LogP contribution in [-0.4, -0.2) is 10.5 Å². The Morgan fingerprint density at radius 1 is 1.20 bits per heavy atom. The third kappa shape index (κ3) is 2.38. The molecule has 0 radical (unpaired) electrons. The van der Waals surface area contributed by atoms with Crippen molar-refractivity contribution in [2.75, 3.05) is 0 Å². The lowest BCUT2D eigenvalue weighted by Crippen LogP contribution is -2.28. The summed E-state index contributed by atoms with van der Waals surface area (Å²) in [5.74, 6) is -0.694. The van der Waals surface area contributed by atoms with E-state index in [2.05, 4.69) is 31.3 Å². The topological polar surface area (TPSA) is 64.2 Å². The van der Waals surface area contributed by atoms with Gasteiger partial charge < -0.3 is 9.73 Å². The molecule has 25 heavy (non-hydrogen) atoms. The van der Waals surface area contributed by atoms with Crippen LogP contribution in [0.3, 0.4) is 0 Å². The maximum absolute atomic E-state index is 12.9. The number of aryl methyl sites for hydroxylation is 1. The number of carbonyl (C=O) groups is 1. The van der Waals surface area contributed by atoms with E-state index in [-0.39, 0.29) is 17.4 Å². The molecule has 5 heteroatoms. The SMILES string of the molecule is Cn1c(=O)oc2c(C(=O)N[C@H]3CC(C)(C)c4ccccc43)cccc21. The van der Waals surface area contributed by atoms with E-state index in [0.717, 1.165) is 12.0 Å². The van der Waals surface area contributed by atoms with Gasteiger partial charge in [-0.3, -0.25) is 9.36 Å². The van der Waals surface area contributed by atoms with E-state index in [1.807, 2.05) is 12.1 Å². The molecule has 1 heterocycles. The molecule has 0 saturated heterocycles. The number of hydrogen-bond acceptors (Lipinski definition) is 3. The number of hydrogen-bond donors (Lipinski definition) is 1. The highest BCUT2D eigenvalue weighted by Gasteiger charge is 2.37. The van der Waals surface area contributed by atoms with E-state index >= 15 is 0 Å². The maximum atomic E-state index is 12.9. The van der Waals surface area contributed by atoms with E-state index in [1.165, 1.54) is 10.1 Å². The van der Waals surface area contributed by atoms with E-state index < -0.39 is 5.76 Å². The second-order valence-electron chi connectivity index (χ2n) is 7.28. The Balaban J connectivity index is 1.71. The predicted molar refractivity (Wildman–Crippen MR) is 95.7 cm³/mol. The molecule has 0 bridgehead atoms. The first-order valence-corrected chi connectivity index (χ1v) is 8.37. The minimum Gasteiger partial charge on any atom is -0.407 e. The normalized spacial score (nSPS) is 18.3. The Morgan fingerprint density at radius 2 is 1.96 bits per heavy atom. The van der Waals surface area contributed by atoms with Gasteiger partial charge in [0.1, 0.15) is 0 Å². The molecule has 0 saturated carbocycles. The lowest BCUT2D eigenvalue weighted by atomic mass is 9.86. The van der Waals surface area contributed by atoms with Gasteiger partial charge >= 0.3 is 5.76 Å². The Morgan fingerprint density at radius 3 is 2.76 bits per heavy atom. The fraction of sp³-hybridized carbons (Fsp3) is 0.300. The third-order valence-corrected chi connectivity index (χ3v) is 5.15. The number of carbonyl (C=O) groups excluding carboxylic acids is 1. The highest BCUT2D eigenvalue weighted by atomic mass is 16.4. The molecule has 4 rings (SSSR count). The zero-order valence-electron chi connectivity index (χ0n) is 14.5. The van der Waals surface area contributed by atoms with Crippen LogP contribution in [0, 0.1) is 0 Å². The quantitative estimate of drug-likeness (QED) is 0.781. The Labute approximate surface area is 145 Å². The minimum absolute atomic E-state index is 0.0137. The predicted octanol–water partition coefficient (Wildman–Crippen LogP) is 3.28. The van der Waals surface area contributed by atoms with Crippen LogP contribution in [0.25, 0.3) is 11.1 Å². The van der Waals surface area contributed by atoms with E-state index in [4.69, 9.17) is 4.42 Å². The fourth-order valence-corrected chi connectivity index (χ4v) is 3.84. The molecule has 1 amide bonds. The number of aromatic nitrogens is 1. The number of nitrogens with zero attached hydrogens (tertiary/aromatic N) is 1. The fourth-order valence-electron chi connectivity index (χ4n) is 3.84. The van der Waals surface area contributed by atoms with Crippen molar-refractivity contribution < 1.29 is 9.21 Å². The number of nitrogens with one attached hydrogen (secondary N) is 1. The van der Waals surface area contributed by atoms with Crippen LogP contribution in [0.4, 0.5) is 0 Å². The van der Waals surface area contributed by atoms with E-state index in [1.54, 1.807) is 25.2 Å². The summed E-state index contributed by atoms with van der Waals surface area (Å²) >= 11 is 0. The second-order valence-corrected chi connectivity index (χ2v) is 7.28. The second kappa shape index (κ2) is 5.34. The summed E-state index contributed by atoms with van der Waals surface area (Å²) in [6, 6.07) is 13.4. The van der Waals surface area contributed by atoms with Gasteiger partial charge in [0.15, 0.2) is 5.58 Å². The first kappa shape index (κ1) is 15.7. The van der Waals surface area contributed by atoms with Gasteiger partial charge in [0.2, 0.25) is 0 Å². The smallest absolute Gasteiger partial charge is 0.407 e. The van der Waals surface area contributed by atoms with Crippen molar-refractivity contribution in [3.8, 4) is 0 Å². The molecule has 0 unspecified atom stereocenters. The van der Waals surface area contributed by atoms with Crippen molar-refractivity contribution in [2.45, 2.75) is 31.7 Å². The molecule has 0 spiro atoms. The molecular weight excluding hydrogens is 316 g/mol. The van der Waals surface area contributed by atoms with Gasteiger partial charge in [-0.1, -0.05) is 44.2 Å². The summed E-state index contributed by atoms with van der Waals surface area (Å²) < 4.78 is 6.68. The summed E-state index contributed by atoms with van der Waals surface area (Å²) in [7, 11) is 1.63. The van der Waals surface area contributed by atoms with Crippen molar-refractivity contribution in [2.24, 2.45) is 7.05 Å². The lowest BCUT2D eigenvalue weighted by Gasteiger charge is -2.19. The van der Waals surface area contributed by atoms with Gasteiger partial charge in [-0.25, -0.2) is 4.79 Å². The van der Waals surface area contributed by atoms with E-state index in [9.17, 15) is 9.59 Å². The largest absolute Gasteiger partial charge is 0.419 e. The first-order chi connectivity index (χ1) is 11.9. The molecule has 3 aromatic rings. The van der Waals surface area contributed by atoms with Gasteiger partial charge in [-0.2, -0.15) is 0 Å². The van der Waals surface area contributed by atoms with Gasteiger partial charge in [-0.05, 0) is 35.1 Å².